The molecule has 0 aliphatic rings. The second-order valence-corrected chi connectivity index (χ2v) is 3.59. The monoisotopic (exact) mass is 265 g/mol. The van der Waals surface area contributed by atoms with Crippen LogP contribution in [-0.2, 0) is 4.74 Å². The van der Waals surface area contributed by atoms with Crippen LogP contribution in [0.4, 0.5) is 23.2 Å². The van der Waals surface area contributed by atoms with E-state index >= 15 is 0 Å². The lowest BCUT2D eigenvalue weighted by atomic mass is 10.2. The zero-order valence-electron chi connectivity index (χ0n) is 9.26. The van der Waals surface area contributed by atoms with Gasteiger partial charge in [0, 0.05) is 12.1 Å². The summed E-state index contributed by atoms with van der Waals surface area (Å²) in [6, 6.07) is 3.32. The van der Waals surface area contributed by atoms with Gasteiger partial charge in [-0.1, -0.05) is 0 Å². The Morgan fingerprint density at radius 1 is 1.33 bits per heavy atom. The molecule has 0 unspecified atom stereocenters. The maximum Gasteiger partial charge on any atom is 0.389 e. The molecule has 0 saturated carbocycles. The van der Waals surface area contributed by atoms with Crippen LogP contribution in [0.3, 0.4) is 0 Å². The summed E-state index contributed by atoms with van der Waals surface area (Å²) >= 11 is 0. The van der Waals surface area contributed by atoms with E-state index in [0.29, 0.717) is 0 Å². The van der Waals surface area contributed by atoms with Gasteiger partial charge in [-0.3, -0.25) is 0 Å². The molecule has 1 aromatic rings. The first-order chi connectivity index (χ1) is 8.29. The van der Waals surface area contributed by atoms with Gasteiger partial charge in [-0.15, -0.1) is 0 Å². The number of alkyl halides is 3. The normalized spacial score (nSPS) is 11.3. The van der Waals surface area contributed by atoms with Gasteiger partial charge < -0.3 is 10.5 Å². The molecule has 0 aliphatic heterocycles. The summed E-state index contributed by atoms with van der Waals surface area (Å²) in [6.07, 6.45) is -5.71. The predicted octanol–water partition coefficient (Wildman–Crippen LogP) is 2.91. The van der Waals surface area contributed by atoms with E-state index < -0.39 is 31.0 Å². The molecule has 7 heteroatoms. The van der Waals surface area contributed by atoms with Gasteiger partial charge in [0.25, 0.3) is 0 Å². The number of esters is 1. The molecular weight excluding hydrogens is 254 g/mol. The van der Waals surface area contributed by atoms with Gasteiger partial charge in [-0.25, -0.2) is 9.18 Å². The Morgan fingerprint density at radius 3 is 2.61 bits per heavy atom. The van der Waals surface area contributed by atoms with Crippen LogP contribution in [0, 0.1) is 5.82 Å². The third-order valence-corrected chi connectivity index (χ3v) is 2.05. The van der Waals surface area contributed by atoms with Crippen molar-refractivity contribution in [3.8, 4) is 0 Å². The summed E-state index contributed by atoms with van der Waals surface area (Å²) in [5, 5.41) is 0. The van der Waals surface area contributed by atoms with Gasteiger partial charge in [0.05, 0.1) is 12.2 Å². The number of hydrogen-bond acceptors (Lipinski definition) is 3. The lowest BCUT2D eigenvalue weighted by molar-refractivity contribution is -0.137. The summed E-state index contributed by atoms with van der Waals surface area (Å²) in [6.45, 7) is -0.424. The molecule has 0 atom stereocenters. The Kier molecular flexibility index (Phi) is 4.52. The molecule has 0 aliphatic carbocycles. The summed E-state index contributed by atoms with van der Waals surface area (Å²) in [4.78, 5) is 11.3. The molecule has 0 radical (unpaired) electrons. The maximum atomic E-state index is 13.2. The van der Waals surface area contributed by atoms with Gasteiger partial charge >= 0.3 is 12.1 Å². The van der Waals surface area contributed by atoms with Crippen molar-refractivity contribution in [3.05, 3.63) is 29.6 Å². The number of anilines is 1. The number of ether oxygens (including phenoxy) is 1. The number of carbonyl (C=O) groups is 1. The van der Waals surface area contributed by atoms with Crippen molar-refractivity contribution in [1.82, 2.24) is 0 Å². The molecule has 3 nitrogen and oxygen atoms in total. The maximum absolute atomic E-state index is 13.2. The third kappa shape index (κ3) is 4.60. The highest BCUT2D eigenvalue weighted by Crippen LogP contribution is 2.21. The molecular formula is C11H11F4NO2. The van der Waals surface area contributed by atoms with Gasteiger partial charge in [0.1, 0.15) is 5.82 Å². The number of nitrogen functional groups attached to an aromatic ring is 1. The zero-order valence-corrected chi connectivity index (χ0v) is 9.26. The fraction of sp³-hybridized carbons (Fsp3) is 0.364. The van der Waals surface area contributed by atoms with E-state index in [2.05, 4.69) is 4.74 Å². The van der Waals surface area contributed by atoms with E-state index in [9.17, 15) is 22.4 Å². The van der Waals surface area contributed by atoms with Crippen LogP contribution in [0.5, 0.6) is 0 Å². The van der Waals surface area contributed by atoms with Crippen LogP contribution < -0.4 is 5.73 Å². The van der Waals surface area contributed by atoms with Gasteiger partial charge in [0.2, 0.25) is 0 Å². The summed E-state index contributed by atoms with van der Waals surface area (Å²) in [7, 11) is 0. The van der Waals surface area contributed by atoms with Crippen molar-refractivity contribution in [3.63, 3.8) is 0 Å². The number of benzene rings is 1. The van der Waals surface area contributed by atoms with Crippen molar-refractivity contribution in [2.75, 3.05) is 12.3 Å². The second-order valence-electron chi connectivity index (χ2n) is 3.59. The highest BCUT2D eigenvalue weighted by Gasteiger charge is 2.26. The minimum atomic E-state index is -4.30. The van der Waals surface area contributed by atoms with E-state index in [1.54, 1.807) is 0 Å². The highest BCUT2D eigenvalue weighted by molar-refractivity contribution is 5.90. The topological polar surface area (TPSA) is 52.3 Å². The van der Waals surface area contributed by atoms with Crippen molar-refractivity contribution < 1.29 is 27.1 Å². The standard InChI is InChI=1S/C11H11F4NO2/c12-9-3-2-7(16)6-8(9)10(17)18-5-1-4-11(13,14)15/h2-3,6H,1,4-5,16H2. The van der Waals surface area contributed by atoms with Crippen LogP contribution >= 0.6 is 0 Å². The molecule has 0 bridgehead atoms. The predicted molar refractivity (Wildman–Crippen MR) is 56.4 cm³/mol. The average molecular weight is 265 g/mol. The van der Waals surface area contributed by atoms with E-state index in [0.717, 1.165) is 12.1 Å². The number of halogens is 4. The first-order valence-electron chi connectivity index (χ1n) is 5.08. The van der Waals surface area contributed by atoms with Gasteiger partial charge in [-0.05, 0) is 24.6 Å². The summed E-state index contributed by atoms with van der Waals surface area (Å²) in [5.74, 6) is -1.85. The number of hydrogen-bond donors (Lipinski definition) is 1. The van der Waals surface area contributed by atoms with Gasteiger partial charge in [0.15, 0.2) is 0 Å². The molecule has 2 N–H and O–H groups in total. The molecule has 0 aromatic heterocycles. The van der Waals surface area contributed by atoms with E-state index in [-0.39, 0.29) is 17.7 Å². The fourth-order valence-electron chi connectivity index (χ4n) is 1.21. The first kappa shape index (κ1) is 14.3. The highest BCUT2D eigenvalue weighted by atomic mass is 19.4. The average Bonchev–Trinajstić information content (AvgIpc) is 2.26. The molecule has 0 heterocycles. The molecule has 0 spiro atoms. The molecule has 1 rings (SSSR count). The summed E-state index contributed by atoms with van der Waals surface area (Å²) in [5.41, 5.74) is 5.13. The SMILES string of the molecule is Nc1ccc(F)c(C(=O)OCCCC(F)(F)F)c1. The van der Waals surface area contributed by atoms with E-state index in [1.165, 1.54) is 6.07 Å². The van der Waals surface area contributed by atoms with E-state index in [4.69, 9.17) is 5.73 Å². The van der Waals surface area contributed by atoms with Crippen molar-refractivity contribution in [2.45, 2.75) is 19.0 Å². The zero-order chi connectivity index (χ0) is 13.8. The molecule has 0 fully saturated rings. The largest absolute Gasteiger partial charge is 0.462 e. The Bertz CT molecular complexity index is 432. The second kappa shape index (κ2) is 5.70. The van der Waals surface area contributed by atoms with Crippen molar-refractivity contribution in [2.24, 2.45) is 0 Å². The number of nitrogens with two attached hydrogens (primary N) is 1. The van der Waals surface area contributed by atoms with Crippen LogP contribution in [0.15, 0.2) is 18.2 Å². The Labute approximate surface area is 101 Å². The molecule has 18 heavy (non-hydrogen) atoms. The smallest absolute Gasteiger partial charge is 0.389 e. The molecule has 0 amide bonds. The lowest BCUT2D eigenvalue weighted by Crippen LogP contribution is -2.12. The van der Waals surface area contributed by atoms with E-state index in [1.807, 2.05) is 0 Å². The first-order valence-corrected chi connectivity index (χ1v) is 5.08. The fourth-order valence-corrected chi connectivity index (χ4v) is 1.21. The third-order valence-electron chi connectivity index (χ3n) is 2.05. The summed E-state index contributed by atoms with van der Waals surface area (Å²) < 4.78 is 53.1. The van der Waals surface area contributed by atoms with Crippen molar-refractivity contribution >= 4 is 11.7 Å². The number of rotatable bonds is 4. The Morgan fingerprint density at radius 2 is 2.00 bits per heavy atom. The Hall–Kier alpha value is -1.79. The molecule has 1 aromatic carbocycles. The quantitative estimate of drug-likeness (QED) is 0.394. The molecule has 100 valence electrons. The minimum absolute atomic E-state index is 0.165. The Balaban J connectivity index is 2.48. The van der Waals surface area contributed by atoms with Crippen molar-refractivity contribution in [1.29, 1.82) is 0 Å². The van der Waals surface area contributed by atoms with Gasteiger partial charge in [-0.2, -0.15) is 13.2 Å². The number of carbonyl (C=O) groups excluding carboxylic acids is 1. The van der Waals surface area contributed by atoms with Crippen LogP contribution in [0.2, 0.25) is 0 Å². The lowest BCUT2D eigenvalue weighted by Gasteiger charge is -2.08. The van der Waals surface area contributed by atoms with Crippen LogP contribution in [0.1, 0.15) is 23.2 Å². The minimum Gasteiger partial charge on any atom is -0.462 e. The molecule has 0 saturated heterocycles. The van der Waals surface area contributed by atoms with Crippen LogP contribution in [-0.4, -0.2) is 18.8 Å². The van der Waals surface area contributed by atoms with Crippen LogP contribution in [0.25, 0.3) is 0 Å².